The summed E-state index contributed by atoms with van der Waals surface area (Å²) < 4.78 is 25.0. The third kappa shape index (κ3) is 6.87. The van der Waals surface area contributed by atoms with Crippen LogP contribution in [0.2, 0.25) is 0 Å². The first kappa shape index (κ1) is 24.5. The van der Waals surface area contributed by atoms with E-state index in [0.29, 0.717) is 25.7 Å². The van der Waals surface area contributed by atoms with Crippen molar-refractivity contribution in [3.05, 3.63) is 53.7 Å². The Morgan fingerprint density at radius 3 is 2.67 bits per heavy atom. The number of hydrogen-bond donors (Lipinski definition) is 2. The van der Waals surface area contributed by atoms with Gasteiger partial charge in [-0.05, 0) is 69.6 Å². The molecule has 3 rings (SSSR count). The lowest BCUT2D eigenvalue weighted by Gasteiger charge is -2.26. The molecule has 1 aromatic heterocycles. The highest BCUT2D eigenvalue weighted by Crippen LogP contribution is 2.25. The summed E-state index contributed by atoms with van der Waals surface area (Å²) in [5.41, 5.74) is 0.797. The number of furan rings is 1. The normalized spacial score (nSPS) is 15.5. The van der Waals surface area contributed by atoms with Crippen LogP contribution in [0.3, 0.4) is 0 Å². The molecule has 2 N–H and O–H groups in total. The summed E-state index contributed by atoms with van der Waals surface area (Å²) in [6.45, 7) is 8.28. The average molecular weight is 530 g/mol. The smallest absolute Gasteiger partial charge is 0.191 e. The maximum Gasteiger partial charge on any atom is 0.191 e. The van der Waals surface area contributed by atoms with Crippen LogP contribution >= 0.6 is 24.0 Å². The lowest BCUT2D eigenvalue weighted by molar-refractivity contribution is 0.215. The SMILES string of the molecule is CCNC(=NCc1ccc(OCC)c(F)c1)NCC(c1ccco1)N1CCCC1.I. The number of aliphatic imine (C=N–C) groups is 1. The van der Waals surface area contributed by atoms with Crippen molar-refractivity contribution in [3.8, 4) is 5.75 Å². The molecule has 2 aromatic rings. The highest BCUT2D eigenvalue weighted by Gasteiger charge is 2.25. The van der Waals surface area contributed by atoms with Gasteiger partial charge in [-0.15, -0.1) is 24.0 Å². The molecule has 0 spiro atoms. The highest BCUT2D eigenvalue weighted by atomic mass is 127. The van der Waals surface area contributed by atoms with Crippen molar-refractivity contribution in [3.63, 3.8) is 0 Å². The zero-order chi connectivity index (χ0) is 20.5. The Hall–Kier alpha value is -1.81. The summed E-state index contributed by atoms with van der Waals surface area (Å²) in [6, 6.07) is 9.10. The summed E-state index contributed by atoms with van der Waals surface area (Å²) in [4.78, 5) is 7.06. The minimum Gasteiger partial charge on any atom is -0.491 e. The molecule has 6 nitrogen and oxygen atoms in total. The lowest BCUT2D eigenvalue weighted by atomic mass is 10.2. The molecule has 8 heteroatoms. The third-order valence-corrected chi connectivity index (χ3v) is 4.98. The summed E-state index contributed by atoms with van der Waals surface area (Å²) in [6.07, 6.45) is 4.15. The van der Waals surface area contributed by atoms with Crippen molar-refractivity contribution in [2.45, 2.75) is 39.3 Å². The van der Waals surface area contributed by atoms with Crippen molar-refractivity contribution in [1.82, 2.24) is 15.5 Å². The van der Waals surface area contributed by atoms with Crippen molar-refractivity contribution < 1.29 is 13.5 Å². The van der Waals surface area contributed by atoms with Crippen molar-refractivity contribution in [2.75, 3.05) is 32.8 Å². The van der Waals surface area contributed by atoms with E-state index in [4.69, 9.17) is 9.15 Å². The van der Waals surface area contributed by atoms with Crippen LogP contribution < -0.4 is 15.4 Å². The van der Waals surface area contributed by atoms with Gasteiger partial charge in [-0.2, -0.15) is 0 Å². The van der Waals surface area contributed by atoms with Crippen molar-refractivity contribution >= 4 is 29.9 Å². The Labute approximate surface area is 195 Å². The molecule has 30 heavy (non-hydrogen) atoms. The van der Waals surface area contributed by atoms with Crippen LogP contribution in [-0.4, -0.2) is 43.6 Å². The summed E-state index contributed by atoms with van der Waals surface area (Å²) >= 11 is 0. The van der Waals surface area contributed by atoms with Gasteiger partial charge in [0.2, 0.25) is 0 Å². The third-order valence-electron chi connectivity index (χ3n) is 4.98. The fourth-order valence-electron chi connectivity index (χ4n) is 3.56. The number of nitrogens with one attached hydrogen (secondary N) is 2. The van der Waals surface area contributed by atoms with E-state index in [9.17, 15) is 4.39 Å². The molecular weight excluding hydrogens is 498 g/mol. The van der Waals surface area contributed by atoms with Crippen LogP contribution in [0.1, 0.15) is 44.1 Å². The Balaban J connectivity index is 0.00000320. The van der Waals surface area contributed by atoms with Gasteiger partial charge >= 0.3 is 0 Å². The van der Waals surface area contributed by atoms with E-state index >= 15 is 0 Å². The average Bonchev–Trinajstić information content (AvgIpc) is 3.43. The van der Waals surface area contributed by atoms with Gasteiger partial charge < -0.3 is 19.8 Å². The molecule has 0 bridgehead atoms. The Kier molecular flexibility index (Phi) is 10.4. The molecule has 0 radical (unpaired) electrons. The second-order valence-corrected chi connectivity index (χ2v) is 7.05. The van der Waals surface area contributed by atoms with Gasteiger partial charge in [0.05, 0.1) is 25.5 Å². The summed E-state index contributed by atoms with van der Waals surface area (Å²) in [5.74, 6) is 1.59. The predicted molar refractivity (Wildman–Crippen MR) is 128 cm³/mol. The number of halogens is 2. The van der Waals surface area contributed by atoms with Crippen LogP contribution in [0.4, 0.5) is 4.39 Å². The number of guanidine groups is 1. The molecule has 2 heterocycles. The maximum atomic E-state index is 14.1. The highest BCUT2D eigenvalue weighted by molar-refractivity contribution is 14.0. The standard InChI is InChI=1S/C22H31FN4O2.HI/c1-3-24-22(25-15-17-9-10-20(28-4-2)18(23)14-17)26-16-19(21-8-7-13-29-21)27-11-5-6-12-27;/h7-10,13-14,19H,3-6,11-12,15-16H2,1-2H3,(H2,24,25,26);1H. The van der Waals surface area contributed by atoms with E-state index < -0.39 is 0 Å². The van der Waals surface area contributed by atoms with Crippen LogP contribution in [0.15, 0.2) is 46.0 Å². The zero-order valence-electron chi connectivity index (χ0n) is 17.7. The minimum absolute atomic E-state index is 0. The summed E-state index contributed by atoms with van der Waals surface area (Å²) in [5, 5.41) is 6.68. The monoisotopic (exact) mass is 530 g/mol. The molecule has 1 fully saturated rings. The largest absolute Gasteiger partial charge is 0.491 e. The Morgan fingerprint density at radius 2 is 2.03 bits per heavy atom. The van der Waals surface area contributed by atoms with Gasteiger partial charge in [0.15, 0.2) is 17.5 Å². The first-order valence-corrected chi connectivity index (χ1v) is 10.4. The van der Waals surface area contributed by atoms with Crippen LogP contribution in [0.25, 0.3) is 0 Å². The van der Waals surface area contributed by atoms with E-state index in [1.807, 2.05) is 32.0 Å². The topological polar surface area (TPSA) is 62.0 Å². The Bertz CT molecular complexity index is 779. The van der Waals surface area contributed by atoms with Gasteiger partial charge in [-0.25, -0.2) is 9.38 Å². The van der Waals surface area contributed by atoms with E-state index in [2.05, 4.69) is 20.5 Å². The molecule has 166 valence electrons. The van der Waals surface area contributed by atoms with Crippen LogP contribution in [0.5, 0.6) is 5.75 Å². The molecule has 1 aliphatic heterocycles. The number of hydrogen-bond acceptors (Lipinski definition) is 4. The fourth-order valence-corrected chi connectivity index (χ4v) is 3.56. The summed E-state index contributed by atoms with van der Waals surface area (Å²) in [7, 11) is 0. The molecule has 1 saturated heterocycles. The minimum atomic E-state index is -0.357. The molecular formula is C22H32FIN4O2. The van der Waals surface area contributed by atoms with E-state index in [1.165, 1.54) is 18.9 Å². The fraction of sp³-hybridized carbons (Fsp3) is 0.500. The van der Waals surface area contributed by atoms with Crippen molar-refractivity contribution in [1.29, 1.82) is 0 Å². The molecule has 1 atom stereocenters. The van der Waals surface area contributed by atoms with E-state index in [0.717, 1.165) is 31.0 Å². The first-order chi connectivity index (χ1) is 14.2. The second-order valence-electron chi connectivity index (χ2n) is 7.05. The quantitative estimate of drug-likeness (QED) is 0.287. The predicted octanol–water partition coefficient (Wildman–Crippen LogP) is 4.33. The maximum absolute atomic E-state index is 14.1. The number of ether oxygens (including phenoxy) is 1. The molecule has 1 unspecified atom stereocenters. The first-order valence-electron chi connectivity index (χ1n) is 10.4. The zero-order valence-corrected chi connectivity index (χ0v) is 20.0. The van der Waals surface area contributed by atoms with Gasteiger partial charge in [-0.3, -0.25) is 4.90 Å². The molecule has 0 amide bonds. The van der Waals surface area contributed by atoms with Gasteiger partial charge in [-0.1, -0.05) is 6.07 Å². The number of benzene rings is 1. The molecule has 1 aromatic carbocycles. The number of rotatable bonds is 9. The van der Waals surface area contributed by atoms with Crippen molar-refractivity contribution in [2.24, 2.45) is 4.99 Å². The van der Waals surface area contributed by atoms with E-state index in [1.54, 1.807) is 12.3 Å². The number of nitrogens with zero attached hydrogens (tertiary/aromatic N) is 2. The van der Waals surface area contributed by atoms with E-state index in [-0.39, 0.29) is 41.6 Å². The molecule has 0 saturated carbocycles. The van der Waals surface area contributed by atoms with Gasteiger partial charge in [0.25, 0.3) is 0 Å². The van der Waals surface area contributed by atoms with Crippen LogP contribution in [-0.2, 0) is 6.54 Å². The Morgan fingerprint density at radius 1 is 1.23 bits per heavy atom. The van der Waals surface area contributed by atoms with Gasteiger partial charge in [0, 0.05) is 13.1 Å². The molecule has 0 aliphatic carbocycles. The lowest BCUT2D eigenvalue weighted by Crippen LogP contribution is -2.42. The van der Waals surface area contributed by atoms with Gasteiger partial charge in [0.1, 0.15) is 5.76 Å². The molecule has 1 aliphatic rings. The number of likely N-dealkylation sites (tertiary alicyclic amines) is 1. The van der Waals surface area contributed by atoms with Crippen LogP contribution in [0, 0.1) is 5.82 Å². The second kappa shape index (κ2) is 12.8.